The fraction of sp³-hybridized carbons (Fsp3) is 0.500. The summed E-state index contributed by atoms with van der Waals surface area (Å²) < 4.78 is 5.07. The summed E-state index contributed by atoms with van der Waals surface area (Å²) in [5, 5.41) is 11.2. The highest BCUT2D eigenvalue weighted by atomic mass is 16.6. The highest BCUT2D eigenvalue weighted by Crippen LogP contribution is 2.34. The predicted molar refractivity (Wildman–Crippen MR) is 94.9 cm³/mol. The third-order valence-electron chi connectivity index (χ3n) is 4.96. The van der Waals surface area contributed by atoms with E-state index in [0.29, 0.717) is 32.5 Å². The SMILES string of the molecule is CCOC(=O)[C@H]1CCCN([C@H]2CC(=O)N(c3ccccc3[N+](=O)[O-])C2=O)C1. The Balaban J connectivity index is 1.80. The van der Waals surface area contributed by atoms with Gasteiger partial charge >= 0.3 is 5.97 Å². The topological polar surface area (TPSA) is 110 Å². The minimum Gasteiger partial charge on any atom is -0.466 e. The number of benzene rings is 1. The molecule has 2 amide bonds. The molecular weight excluding hydrogens is 354 g/mol. The van der Waals surface area contributed by atoms with Gasteiger partial charge in [-0.3, -0.25) is 29.4 Å². The van der Waals surface area contributed by atoms with E-state index >= 15 is 0 Å². The van der Waals surface area contributed by atoms with Crippen molar-refractivity contribution in [2.75, 3.05) is 24.6 Å². The molecule has 2 saturated heterocycles. The molecular formula is C18H21N3O6. The number of nitro groups is 1. The Morgan fingerprint density at radius 1 is 1.33 bits per heavy atom. The van der Waals surface area contributed by atoms with Crippen molar-refractivity contribution in [2.45, 2.75) is 32.2 Å². The molecule has 0 radical (unpaired) electrons. The first-order valence-electron chi connectivity index (χ1n) is 8.95. The van der Waals surface area contributed by atoms with Gasteiger partial charge in [-0.1, -0.05) is 12.1 Å². The summed E-state index contributed by atoms with van der Waals surface area (Å²) in [6, 6.07) is 4.98. The number of likely N-dealkylation sites (tertiary alicyclic amines) is 1. The summed E-state index contributed by atoms with van der Waals surface area (Å²) in [6.45, 7) is 2.96. The number of carbonyl (C=O) groups excluding carboxylic acids is 3. The number of para-hydroxylation sites is 2. The maximum atomic E-state index is 12.9. The quantitative estimate of drug-likeness (QED) is 0.332. The molecule has 2 aliphatic rings. The van der Waals surface area contributed by atoms with Gasteiger partial charge in [0.15, 0.2) is 0 Å². The summed E-state index contributed by atoms with van der Waals surface area (Å²) in [5.41, 5.74) is -0.304. The van der Waals surface area contributed by atoms with E-state index in [1.165, 1.54) is 18.2 Å². The zero-order valence-electron chi connectivity index (χ0n) is 15.0. The molecule has 0 unspecified atom stereocenters. The molecule has 0 aromatic heterocycles. The van der Waals surface area contributed by atoms with Gasteiger partial charge in [0.2, 0.25) is 5.91 Å². The van der Waals surface area contributed by atoms with Crippen LogP contribution in [-0.2, 0) is 19.1 Å². The van der Waals surface area contributed by atoms with Crippen LogP contribution in [0.25, 0.3) is 0 Å². The number of imide groups is 1. The second-order valence-electron chi connectivity index (χ2n) is 6.62. The molecule has 2 atom stereocenters. The first-order chi connectivity index (χ1) is 12.9. The van der Waals surface area contributed by atoms with Crippen LogP contribution >= 0.6 is 0 Å². The highest BCUT2D eigenvalue weighted by Gasteiger charge is 2.46. The van der Waals surface area contributed by atoms with Crippen molar-refractivity contribution in [3.05, 3.63) is 34.4 Å². The second kappa shape index (κ2) is 7.83. The van der Waals surface area contributed by atoms with Crippen molar-refractivity contribution >= 4 is 29.2 Å². The third-order valence-corrected chi connectivity index (χ3v) is 4.96. The molecule has 0 aliphatic carbocycles. The van der Waals surface area contributed by atoms with E-state index in [1.807, 2.05) is 4.90 Å². The molecule has 0 N–H and O–H groups in total. The van der Waals surface area contributed by atoms with E-state index in [4.69, 9.17) is 4.74 Å². The number of hydrogen-bond donors (Lipinski definition) is 0. The monoisotopic (exact) mass is 375 g/mol. The largest absolute Gasteiger partial charge is 0.466 e. The smallest absolute Gasteiger partial charge is 0.310 e. The van der Waals surface area contributed by atoms with Crippen molar-refractivity contribution < 1.29 is 24.0 Å². The lowest BCUT2D eigenvalue weighted by molar-refractivity contribution is -0.384. The molecule has 2 aliphatic heterocycles. The van der Waals surface area contributed by atoms with Gasteiger partial charge < -0.3 is 4.74 Å². The number of nitro benzene ring substituents is 1. The van der Waals surface area contributed by atoms with Crippen LogP contribution in [0, 0.1) is 16.0 Å². The van der Waals surface area contributed by atoms with Crippen LogP contribution < -0.4 is 4.90 Å². The summed E-state index contributed by atoms with van der Waals surface area (Å²) in [5.74, 6) is -1.59. The molecule has 0 bridgehead atoms. The Kier molecular flexibility index (Phi) is 5.50. The number of hydrogen-bond acceptors (Lipinski definition) is 7. The van der Waals surface area contributed by atoms with Crippen molar-refractivity contribution in [3.8, 4) is 0 Å². The first kappa shape index (κ1) is 19.0. The van der Waals surface area contributed by atoms with Gasteiger partial charge in [0.25, 0.3) is 11.6 Å². The molecule has 27 heavy (non-hydrogen) atoms. The van der Waals surface area contributed by atoms with E-state index in [2.05, 4.69) is 0 Å². The molecule has 0 saturated carbocycles. The van der Waals surface area contributed by atoms with Gasteiger partial charge in [0.1, 0.15) is 5.69 Å². The normalized spacial score (nSPS) is 23.5. The number of rotatable bonds is 5. The first-order valence-corrected chi connectivity index (χ1v) is 8.95. The van der Waals surface area contributed by atoms with Gasteiger partial charge in [-0.25, -0.2) is 4.90 Å². The summed E-state index contributed by atoms with van der Waals surface area (Å²) in [7, 11) is 0. The van der Waals surface area contributed by atoms with E-state index in [0.717, 1.165) is 4.90 Å². The average Bonchev–Trinajstić information content (AvgIpc) is 2.96. The lowest BCUT2D eigenvalue weighted by Crippen LogP contribution is -2.48. The maximum absolute atomic E-state index is 12.9. The van der Waals surface area contributed by atoms with E-state index in [-0.39, 0.29) is 29.7 Å². The van der Waals surface area contributed by atoms with Crippen LogP contribution in [0.15, 0.2) is 24.3 Å². The van der Waals surface area contributed by atoms with Crippen molar-refractivity contribution in [1.29, 1.82) is 0 Å². The van der Waals surface area contributed by atoms with Gasteiger partial charge in [0.05, 0.1) is 29.9 Å². The standard InChI is InChI=1S/C18H21N3O6/c1-2-27-18(24)12-6-5-9-19(11-12)15-10-16(22)20(17(15)23)13-7-3-4-8-14(13)21(25)26/h3-4,7-8,12,15H,2,5-6,9-11H2,1H3/t12-,15-/m0/s1. The lowest BCUT2D eigenvalue weighted by Gasteiger charge is -2.34. The fourth-order valence-corrected chi connectivity index (χ4v) is 3.70. The van der Waals surface area contributed by atoms with Crippen molar-refractivity contribution in [1.82, 2.24) is 4.90 Å². The molecule has 0 spiro atoms. The van der Waals surface area contributed by atoms with Crippen LogP contribution in [0.3, 0.4) is 0 Å². The molecule has 3 rings (SSSR count). The molecule has 9 heteroatoms. The van der Waals surface area contributed by atoms with E-state index < -0.39 is 22.8 Å². The second-order valence-corrected chi connectivity index (χ2v) is 6.62. The van der Waals surface area contributed by atoms with Crippen LogP contribution in [0.1, 0.15) is 26.2 Å². The number of esters is 1. The third kappa shape index (κ3) is 3.68. The molecule has 2 fully saturated rings. The molecule has 9 nitrogen and oxygen atoms in total. The average molecular weight is 375 g/mol. The predicted octanol–water partition coefficient (Wildman–Crippen LogP) is 1.50. The molecule has 144 valence electrons. The Hall–Kier alpha value is -2.81. The number of piperidine rings is 1. The fourth-order valence-electron chi connectivity index (χ4n) is 3.70. The number of amides is 2. The zero-order chi connectivity index (χ0) is 19.6. The molecule has 1 aromatic carbocycles. The Morgan fingerprint density at radius 2 is 2.07 bits per heavy atom. The van der Waals surface area contributed by atoms with Crippen LogP contribution in [0.5, 0.6) is 0 Å². The number of nitrogens with zero attached hydrogens (tertiary/aromatic N) is 3. The Labute approximate surface area is 156 Å². The summed E-state index contributed by atoms with van der Waals surface area (Å²) >= 11 is 0. The van der Waals surface area contributed by atoms with E-state index in [9.17, 15) is 24.5 Å². The van der Waals surface area contributed by atoms with Crippen LogP contribution in [-0.4, -0.2) is 53.3 Å². The highest BCUT2D eigenvalue weighted by molar-refractivity contribution is 6.23. The van der Waals surface area contributed by atoms with Gasteiger partial charge in [0, 0.05) is 12.6 Å². The van der Waals surface area contributed by atoms with Crippen molar-refractivity contribution in [3.63, 3.8) is 0 Å². The molecule has 2 heterocycles. The zero-order valence-corrected chi connectivity index (χ0v) is 15.0. The number of anilines is 1. The minimum absolute atomic E-state index is 0.0149. The van der Waals surface area contributed by atoms with Crippen molar-refractivity contribution in [2.24, 2.45) is 5.92 Å². The van der Waals surface area contributed by atoms with Gasteiger partial charge in [-0.15, -0.1) is 0 Å². The van der Waals surface area contributed by atoms with Crippen LogP contribution in [0.4, 0.5) is 11.4 Å². The van der Waals surface area contributed by atoms with Gasteiger partial charge in [-0.2, -0.15) is 0 Å². The Morgan fingerprint density at radius 3 is 2.78 bits per heavy atom. The summed E-state index contributed by atoms with van der Waals surface area (Å²) in [4.78, 5) is 50.8. The van der Waals surface area contributed by atoms with Gasteiger partial charge in [-0.05, 0) is 32.4 Å². The van der Waals surface area contributed by atoms with Crippen LogP contribution in [0.2, 0.25) is 0 Å². The lowest BCUT2D eigenvalue weighted by atomic mass is 9.96. The minimum atomic E-state index is -0.713. The summed E-state index contributed by atoms with van der Waals surface area (Å²) in [6.07, 6.45) is 1.34. The maximum Gasteiger partial charge on any atom is 0.310 e. The molecule has 1 aromatic rings. The Bertz CT molecular complexity index is 780. The number of ether oxygens (including phenoxy) is 1. The van der Waals surface area contributed by atoms with E-state index in [1.54, 1.807) is 13.0 Å². The number of carbonyl (C=O) groups is 3.